The Kier molecular flexibility index (Phi) is 4.04. The van der Waals surface area contributed by atoms with Crippen molar-refractivity contribution in [2.24, 2.45) is 0 Å². The number of halogens is 1. The van der Waals surface area contributed by atoms with Gasteiger partial charge in [-0.1, -0.05) is 24.3 Å². The predicted octanol–water partition coefficient (Wildman–Crippen LogP) is 5.04. The minimum atomic E-state index is -0.222. The van der Waals surface area contributed by atoms with Gasteiger partial charge in [-0.25, -0.2) is 9.07 Å². The Morgan fingerprint density at radius 3 is 2.72 bits per heavy atom. The largest absolute Gasteiger partial charge is 0.370 e. The van der Waals surface area contributed by atoms with Gasteiger partial charge in [0.15, 0.2) is 0 Å². The van der Waals surface area contributed by atoms with Gasteiger partial charge >= 0.3 is 0 Å². The number of hydrogen-bond acceptors (Lipinski definition) is 2. The van der Waals surface area contributed by atoms with Crippen LogP contribution in [0.3, 0.4) is 0 Å². The number of anilines is 1. The lowest BCUT2D eigenvalue weighted by molar-refractivity contribution is 0.630. The zero-order chi connectivity index (χ0) is 17.4. The molecule has 0 spiro atoms. The summed E-state index contributed by atoms with van der Waals surface area (Å²) in [7, 11) is 0. The van der Waals surface area contributed by atoms with Crippen molar-refractivity contribution in [1.29, 1.82) is 0 Å². The number of aromatic nitrogens is 2. The zero-order valence-corrected chi connectivity index (χ0v) is 14.6. The fourth-order valence-electron chi connectivity index (χ4n) is 3.51. The van der Waals surface area contributed by atoms with E-state index < -0.39 is 0 Å². The molecule has 0 aliphatic carbocycles. The average molecular weight is 335 g/mol. The first kappa shape index (κ1) is 15.9. The Morgan fingerprint density at radius 2 is 1.88 bits per heavy atom. The van der Waals surface area contributed by atoms with Crippen LogP contribution in [0.2, 0.25) is 0 Å². The lowest BCUT2D eigenvalue weighted by atomic mass is 10.0. The molecule has 1 aliphatic rings. The Labute approximate surface area is 147 Å². The topological polar surface area (TPSA) is 29.9 Å². The van der Waals surface area contributed by atoms with Gasteiger partial charge in [0.2, 0.25) is 0 Å². The fraction of sp³-hybridized carbons (Fsp3) is 0.286. The van der Waals surface area contributed by atoms with Crippen LogP contribution >= 0.6 is 0 Å². The van der Waals surface area contributed by atoms with Gasteiger partial charge in [0.1, 0.15) is 17.3 Å². The minimum Gasteiger partial charge on any atom is -0.370 e. The summed E-state index contributed by atoms with van der Waals surface area (Å²) in [6.45, 7) is 5.13. The second-order valence-corrected chi connectivity index (χ2v) is 6.67. The van der Waals surface area contributed by atoms with E-state index in [9.17, 15) is 4.39 Å². The van der Waals surface area contributed by atoms with E-state index in [0.717, 1.165) is 48.6 Å². The summed E-state index contributed by atoms with van der Waals surface area (Å²) in [5.41, 5.74) is 5.91. The Balaban J connectivity index is 1.97. The van der Waals surface area contributed by atoms with E-state index >= 15 is 0 Å². The number of nitrogens with one attached hydrogen (secondary N) is 1. The fourth-order valence-corrected chi connectivity index (χ4v) is 3.51. The molecule has 0 atom stereocenters. The van der Waals surface area contributed by atoms with Gasteiger partial charge < -0.3 is 5.32 Å². The first-order valence-corrected chi connectivity index (χ1v) is 8.84. The third-order valence-electron chi connectivity index (χ3n) is 5.06. The lowest BCUT2D eigenvalue weighted by Crippen LogP contribution is -2.08. The standard InChI is InChI=1S/C21H22FN3/c1-14-8-7-12-19(15(14)2)25-21-17(10-5-6-13-23-21)20(24-25)16-9-3-4-11-18(16)22/h3-4,7-9,11-12,23H,5-6,10,13H2,1-2H3. The molecule has 2 aromatic carbocycles. The van der Waals surface area contributed by atoms with E-state index in [4.69, 9.17) is 5.10 Å². The molecule has 3 nitrogen and oxygen atoms in total. The summed E-state index contributed by atoms with van der Waals surface area (Å²) < 4.78 is 16.4. The SMILES string of the molecule is Cc1cccc(-n2nc(-c3ccccc3F)c3c2NCCCC3)c1C. The molecule has 0 bridgehead atoms. The Morgan fingerprint density at radius 1 is 1.04 bits per heavy atom. The summed E-state index contributed by atoms with van der Waals surface area (Å²) in [6, 6.07) is 13.1. The van der Waals surface area contributed by atoms with E-state index in [1.807, 2.05) is 22.9 Å². The highest BCUT2D eigenvalue weighted by atomic mass is 19.1. The third-order valence-corrected chi connectivity index (χ3v) is 5.06. The van der Waals surface area contributed by atoms with Crippen LogP contribution in [-0.4, -0.2) is 16.3 Å². The molecule has 0 saturated carbocycles. The van der Waals surface area contributed by atoms with Crippen LogP contribution in [0, 0.1) is 19.7 Å². The van der Waals surface area contributed by atoms with Gasteiger partial charge in [-0.05, 0) is 62.4 Å². The third kappa shape index (κ3) is 2.72. The average Bonchev–Trinajstić information content (AvgIpc) is 2.79. The summed E-state index contributed by atoms with van der Waals surface area (Å²) in [6.07, 6.45) is 3.11. The van der Waals surface area contributed by atoms with Gasteiger partial charge in [-0.2, -0.15) is 5.10 Å². The first-order valence-electron chi connectivity index (χ1n) is 8.84. The van der Waals surface area contributed by atoms with Gasteiger partial charge in [-0.3, -0.25) is 0 Å². The van der Waals surface area contributed by atoms with Crippen molar-refractivity contribution in [2.75, 3.05) is 11.9 Å². The molecule has 0 unspecified atom stereocenters. The molecule has 0 fully saturated rings. The van der Waals surface area contributed by atoms with Crippen molar-refractivity contribution in [1.82, 2.24) is 9.78 Å². The van der Waals surface area contributed by atoms with Crippen molar-refractivity contribution >= 4 is 5.82 Å². The number of rotatable bonds is 2. The molecule has 0 saturated heterocycles. The Hall–Kier alpha value is -2.62. The van der Waals surface area contributed by atoms with Gasteiger partial charge in [0.05, 0.1) is 5.69 Å². The van der Waals surface area contributed by atoms with Crippen molar-refractivity contribution in [2.45, 2.75) is 33.1 Å². The van der Waals surface area contributed by atoms with Crippen molar-refractivity contribution in [3.05, 3.63) is 65.0 Å². The highest BCUT2D eigenvalue weighted by Gasteiger charge is 2.23. The first-order chi connectivity index (χ1) is 12.2. The summed E-state index contributed by atoms with van der Waals surface area (Å²) in [5.74, 6) is 0.782. The number of benzene rings is 2. The molecular formula is C21H22FN3. The summed E-state index contributed by atoms with van der Waals surface area (Å²) in [4.78, 5) is 0. The predicted molar refractivity (Wildman–Crippen MR) is 99.9 cm³/mol. The molecule has 1 N–H and O–H groups in total. The monoisotopic (exact) mass is 335 g/mol. The maximum atomic E-state index is 14.4. The maximum absolute atomic E-state index is 14.4. The molecule has 0 radical (unpaired) electrons. The van der Waals surface area contributed by atoms with Crippen molar-refractivity contribution in [3.63, 3.8) is 0 Å². The molecule has 1 aromatic heterocycles. The van der Waals surface area contributed by atoms with E-state index in [0.29, 0.717) is 5.56 Å². The van der Waals surface area contributed by atoms with E-state index in [-0.39, 0.29) is 5.82 Å². The molecule has 0 amide bonds. The summed E-state index contributed by atoms with van der Waals surface area (Å²) in [5, 5.41) is 8.38. The lowest BCUT2D eigenvalue weighted by Gasteiger charge is -2.13. The maximum Gasteiger partial charge on any atom is 0.133 e. The summed E-state index contributed by atoms with van der Waals surface area (Å²) >= 11 is 0. The van der Waals surface area contributed by atoms with Crippen LogP contribution in [0.5, 0.6) is 0 Å². The van der Waals surface area contributed by atoms with Crippen LogP contribution < -0.4 is 5.32 Å². The molecular weight excluding hydrogens is 313 g/mol. The van der Waals surface area contributed by atoms with Crippen molar-refractivity contribution < 1.29 is 4.39 Å². The smallest absolute Gasteiger partial charge is 0.133 e. The highest BCUT2D eigenvalue weighted by Crippen LogP contribution is 2.35. The zero-order valence-electron chi connectivity index (χ0n) is 14.6. The number of nitrogens with zero attached hydrogens (tertiary/aromatic N) is 2. The number of fused-ring (bicyclic) bond motifs is 1. The van der Waals surface area contributed by atoms with Gasteiger partial charge in [0.25, 0.3) is 0 Å². The quantitative estimate of drug-likeness (QED) is 0.711. The van der Waals surface area contributed by atoms with E-state index in [1.165, 1.54) is 17.2 Å². The molecule has 128 valence electrons. The van der Waals surface area contributed by atoms with Gasteiger partial charge in [0, 0.05) is 17.7 Å². The van der Waals surface area contributed by atoms with Crippen LogP contribution in [0.1, 0.15) is 29.5 Å². The second-order valence-electron chi connectivity index (χ2n) is 6.67. The van der Waals surface area contributed by atoms with Crippen molar-refractivity contribution in [3.8, 4) is 16.9 Å². The molecule has 3 aromatic rings. The normalized spacial score (nSPS) is 13.9. The number of aryl methyl sites for hydroxylation is 1. The molecule has 4 heteroatoms. The Bertz CT molecular complexity index is 927. The molecule has 4 rings (SSSR count). The van der Waals surface area contributed by atoms with Crippen LogP contribution in [0.25, 0.3) is 16.9 Å². The van der Waals surface area contributed by atoms with E-state index in [2.05, 4.69) is 31.3 Å². The molecule has 25 heavy (non-hydrogen) atoms. The number of hydrogen-bond donors (Lipinski definition) is 1. The van der Waals surface area contributed by atoms with Crippen LogP contribution in [0.4, 0.5) is 10.2 Å². The molecule has 1 aliphatic heterocycles. The minimum absolute atomic E-state index is 0.222. The van der Waals surface area contributed by atoms with Gasteiger partial charge in [-0.15, -0.1) is 0 Å². The van der Waals surface area contributed by atoms with E-state index in [1.54, 1.807) is 6.07 Å². The molecule has 2 heterocycles. The van der Waals surface area contributed by atoms with Crippen LogP contribution in [-0.2, 0) is 6.42 Å². The van der Waals surface area contributed by atoms with Crippen LogP contribution in [0.15, 0.2) is 42.5 Å². The highest BCUT2D eigenvalue weighted by molar-refractivity contribution is 5.72. The second kappa shape index (κ2) is 6.36.